The third kappa shape index (κ3) is 3.43. The molecule has 0 N–H and O–H groups in total. The molecule has 1 saturated carbocycles. The van der Waals surface area contributed by atoms with Crippen LogP contribution in [0.1, 0.15) is 43.2 Å². The molecule has 2 aliphatic rings. The van der Waals surface area contributed by atoms with Crippen molar-refractivity contribution in [2.45, 2.75) is 56.6 Å². The lowest BCUT2D eigenvalue weighted by atomic mass is 9.88. The Morgan fingerprint density at radius 1 is 0.923 bits per heavy atom. The smallest absolute Gasteiger partial charge is 0.206 e. The monoisotopic (exact) mass is 370 g/mol. The predicted octanol–water partition coefficient (Wildman–Crippen LogP) is 4.32. The van der Waals surface area contributed by atoms with Gasteiger partial charge in [-0.3, -0.25) is 0 Å². The molecule has 0 amide bonds. The Hall–Kier alpha value is -1.69. The van der Waals surface area contributed by atoms with Gasteiger partial charge < -0.3 is 0 Å². The van der Waals surface area contributed by atoms with E-state index in [0.717, 1.165) is 24.0 Å². The van der Waals surface area contributed by atoms with Gasteiger partial charge in [-0.25, -0.2) is 13.4 Å². The number of benzene rings is 2. The van der Waals surface area contributed by atoms with Gasteiger partial charge in [-0.1, -0.05) is 67.3 Å². The Kier molecular flexibility index (Phi) is 4.86. The number of sulfonamides is 1. The number of hydrogen-bond acceptors (Lipinski definition) is 3. The van der Waals surface area contributed by atoms with Crippen molar-refractivity contribution in [3.05, 3.63) is 65.7 Å². The van der Waals surface area contributed by atoms with Gasteiger partial charge in [0.1, 0.15) is 6.17 Å². The summed E-state index contributed by atoms with van der Waals surface area (Å²) >= 11 is 0. The molecule has 138 valence electrons. The second-order valence-electron chi connectivity index (χ2n) is 7.49. The fourth-order valence-electron chi connectivity index (χ4n) is 4.09. The van der Waals surface area contributed by atoms with Gasteiger partial charge >= 0.3 is 0 Å². The highest BCUT2D eigenvalue weighted by atomic mass is 32.2. The molecule has 1 aliphatic heterocycles. The van der Waals surface area contributed by atoms with Crippen LogP contribution in [0.5, 0.6) is 0 Å². The van der Waals surface area contributed by atoms with E-state index in [-0.39, 0.29) is 6.17 Å². The van der Waals surface area contributed by atoms with Gasteiger partial charge in [0.15, 0.2) is 0 Å². The van der Waals surface area contributed by atoms with E-state index < -0.39 is 10.0 Å². The van der Waals surface area contributed by atoms with Crippen LogP contribution in [0.25, 0.3) is 0 Å². The van der Waals surface area contributed by atoms with Gasteiger partial charge in [0.25, 0.3) is 10.0 Å². The predicted molar refractivity (Wildman–Crippen MR) is 103 cm³/mol. The number of nitrogens with zero attached hydrogens (tertiary/aromatic N) is 2. The largest absolute Gasteiger partial charge is 0.257 e. The molecule has 2 aromatic carbocycles. The fraction of sp³-hybridized carbons (Fsp3) is 0.429. The normalized spacial score (nSPS) is 26.6. The Bertz CT molecular complexity index is 843. The molecule has 2 fully saturated rings. The van der Waals surface area contributed by atoms with Gasteiger partial charge in [0, 0.05) is 6.54 Å². The number of hydrogen-bond donors (Lipinski definition) is 0. The molecule has 26 heavy (non-hydrogen) atoms. The first-order valence-corrected chi connectivity index (χ1v) is 10.9. The van der Waals surface area contributed by atoms with E-state index in [1.54, 1.807) is 16.5 Å². The van der Waals surface area contributed by atoms with Gasteiger partial charge in [-0.15, -0.1) is 4.41 Å². The van der Waals surface area contributed by atoms with E-state index in [4.69, 9.17) is 0 Å². The molecule has 1 saturated heterocycles. The van der Waals surface area contributed by atoms with Crippen LogP contribution in [0, 0.1) is 12.8 Å². The van der Waals surface area contributed by atoms with Gasteiger partial charge in [-0.2, -0.15) is 0 Å². The van der Waals surface area contributed by atoms with E-state index in [0.29, 0.717) is 17.4 Å². The average molecular weight is 371 g/mol. The zero-order valence-corrected chi connectivity index (χ0v) is 16.0. The molecular formula is C21H26N2O2S. The van der Waals surface area contributed by atoms with Crippen LogP contribution < -0.4 is 0 Å². The average Bonchev–Trinajstić information content (AvgIpc) is 3.38. The molecule has 5 heteroatoms. The SMILES string of the molecule is Cc1ccc(S(=O)(=O)N2[C@@H](C3CCCCC3)N2Cc2ccccc2)cc1. The molecule has 0 bridgehead atoms. The topological polar surface area (TPSA) is 40.2 Å². The maximum atomic E-state index is 13.2. The zero-order chi connectivity index (χ0) is 18.1. The first kappa shape index (κ1) is 17.7. The van der Waals surface area contributed by atoms with Crippen LogP contribution in [-0.2, 0) is 16.6 Å². The molecule has 2 unspecified atom stereocenters. The van der Waals surface area contributed by atoms with Crippen molar-refractivity contribution in [3.8, 4) is 0 Å². The number of hydrazine groups is 1. The Morgan fingerprint density at radius 2 is 1.58 bits per heavy atom. The minimum absolute atomic E-state index is 0.00168. The zero-order valence-electron chi connectivity index (χ0n) is 15.2. The summed E-state index contributed by atoms with van der Waals surface area (Å²) in [6.45, 7) is 2.62. The van der Waals surface area contributed by atoms with Gasteiger partial charge in [-0.05, 0) is 43.4 Å². The number of aryl methyl sites for hydroxylation is 1. The first-order valence-electron chi connectivity index (χ1n) is 9.49. The van der Waals surface area contributed by atoms with Crippen LogP contribution in [0.2, 0.25) is 0 Å². The molecule has 4 rings (SSSR count). The lowest BCUT2D eigenvalue weighted by Gasteiger charge is -2.20. The Labute approximate surface area is 156 Å². The molecule has 1 aliphatic carbocycles. The highest BCUT2D eigenvalue weighted by molar-refractivity contribution is 7.89. The van der Waals surface area contributed by atoms with Crippen molar-refractivity contribution >= 4 is 10.0 Å². The van der Waals surface area contributed by atoms with E-state index in [2.05, 4.69) is 12.1 Å². The standard InChI is InChI=1S/C21H26N2O2S/c1-17-12-14-20(15-13-17)26(24,25)23-21(19-10-6-3-7-11-19)22(23)16-18-8-4-2-5-9-18/h2,4-5,8-9,12-15,19,21H,3,6-7,10-11,16H2,1H3/t21-,22?,23?/m0/s1. The molecule has 3 atom stereocenters. The van der Waals surface area contributed by atoms with E-state index in [1.807, 2.05) is 42.3 Å². The third-order valence-electron chi connectivity index (χ3n) is 5.55. The third-order valence-corrected chi connectivity index (χ3v) is 7.34. The highest BCUT2D eigenvalue weighted by Gasteiger charge is 2.56. The molecule has 1 heterocycles. The summed E-state index contributed by atoms with van der Waals surface area (Å²) in [5.74, 6) is 0.438. The molecular weight excluding hydrogens is 344 g/mol. The summed E-state index contributed by atoms with van der Waals surface area (Å²) < 4.78 is 28.1. The fourth-order valence-corrected chi connectivity index (χ4v) is 5.74. The summed E-state index contributed by atoms with van der Waals surface area (Å²) in [5.41, 5.74) is 2.22. The second-order valence-corrected chi connectivity index (χ2v) is 9.28. The quantitative estimate of drug-likeness (QED) is 0.736. The minimum Gasteiger partial charge on any atom is -0.206 e. The molecule has 0 spiro atoms. The lowest BCUT2D eigenvalue weighted by molar-refractivity contribution is 0.309. The molecule has 0 radical (unpaired) electrons. The van der Waals surface area contributed by atoms with E-state index in [9.17, 15) is 8.42 Å². The Balaban J connectivity index is 1.61. The summed E-state index contributed by atoms with van der Waals surface area (Å²) in [6, 6.07) is 17.3. The van der Waals surface area contributed by atoms with Crippen molar-refractivity contribution in [2.75, 3.05) is 0 Å². The maximum absolute atomic E-state index is 13.2. The van der Waals surface area contributed by atoms with Crippen molar-refractivity contribution in [2.24, 2.45) is 5.92 Å². The van der Waals surface area contributed by atoms with Crippen molar-refractivity contribution in [1.29, 1.82) is 0 Å². The highest BCUT2D eigenvalue weighted by Crippen LogP contribution is 2.44. The summed E-state index contributed by atoms with van der Waals surface area (Å²) in [5, 5.41) is 2.04. The summed E-state index contributed by atoms with van der Waals surface area (Å²) in [6.07, 6.45) is 5.93. The Morgan fingerprint density at radius 3 is 2.23 bits per heavy atom. The molecule has 0 aromatic heterocycles. The molecule has 4 nitrogen and oxygen atoms in total. The summed E-state index contributed by atoms with van der Waals surface area (Å²) in [4.78, 5) is 0.388. The van der Waals surface area contributed by atoms with Crippen LogP contribution in [0.3, 0.4) is 0 Å². The first-order chi connectivity index (χ1) is 12.6. The van der Waals surface area contributed by atoms with Crippen LogP contribution in [0.15, 0.2) is 59.5 Å². The molecule has 2 aromatic rings. The van der Waals surface area contributed by atoms with Crippen molar-refractivity contribution in [3.63, 3.8) is 0 Å². The van der Waals surface area contributed by atoms with Crippen molar-refractivity contribution in [1.82, 2.24) is 9.42 Å². The number of rotatable bonds is 5. The van der Waals surface area contributed by atoms with Gasteiger partial charge in [0.2, 0.25) is 0 Å². The second kappa shape index (κ2) is 7.14. The van der Waals surface area contributed by atoms with Crippen molar-refractivity contribution < 1.29 is 8.42 Å². The summed E-state index contributed by atoms with van der Waals surface area (Å²) in [7, 11) is -3.49. The van der Waals surface area contributed by atoms with E-state index in [1.165, 1.54) is 19.3 Å². The van der Waals surface area contributed by atoms with Crippen LogP contribution in [-0.4, -0.2) is 24.0 Å². The van der Waals surface area contributed by atoms with Gasteiger partial charge in [0.05, 0.1) is 4.90 Å². The van der Waals surface area contributed by atoms with Crippen LogP contribution >= 0.6 is 0 Å². The van der Waals surface area contributed by atoms with E-state index >= 15 is 0 Å². The van der Waals surface area contributed by atoms with Crippen LogP contribution in [0.4, 0.5) is 0 Å². The lowest BCUT2D eigenvalue weighted by Crippen LogP contribution is -2.21. The maximum Gasteiger partial charge on any atom is 0.257 e. The minimum atomic E-state index is -3.49.